The SMILES string of the molecule is CCc1ccccc1S(=O)(=O)N1C[C@H]2CN(C(=O)COC)CC[C@@]2(c2n[nH]c(C)n2)C1. The van der Waals surface area contributed by atoms with Crippen molar-refractivity contribution in [2.24, 2.45) is 5.92 Å². The third-order valence-electron chi connectivity index (χ3n) is 6.57. The molecule has 9 nitrogen and oxygen atoms in total. The zero-order valence-corrected chi connectivity index (χ0v) is 19.0. The van der Waals surface area contributed by atoms with Crippen LogP contribution in [0.2, 0.25) is 0 Å². The van der Waals surface area contributed by atoms with E-state index in [1.807, 2.05) is 26.0 Å². The minimum Gasteiger partial charge on any atom is -0.375 e. The molecule has 10 heteroatoms. The minimum atomic E-state index is -3.69. The maximum absolute atomic E-state index is 13.6. The van der Waals surface area contributed by atoms with Crippen LogP contribution in [-0.4, -0.2) is 78.6 Å². The summed E-state index contributed by atoms with van der Waals surface area (Å²) in [7, 11) is -2.19. The molecule has 0 spiro atoms. The van der Waals surface area contributed by atoms with Crippen LogP contribution < -0.4 is 0 Å². The van der Waals surface area contributed by atoms with Crippen LogP contribution in [0.15, 0.2) is 29.2 Å². The van der Waals surface area contributed by atoms with Crippen molar-refractivity contribution in [1.29, 1.82) is 0 Å². The molecule has 1 aromatic carbocycles. The van der Waals surface area contributed by atoms with Gasteiger partial charge in [0.15, 0.2) is 5.82 Å². The van der Waals surface area contributed by atoms with Gasteiger partial charge in [-0.2, -0.15) is 9.40 Å². The fourth-order valence-electron chi connectivity index (χ4n) is 4.88. The fraction of sp³-hybridized carbons (Fsp3) is 0.571. The predicted molar refractivity (Wildman–Crippen MR) is 114 cm³/mol. The number of aromatic nitrogens is 3. The number of likely N-dealkylation sites (tertiary alicyclic amines) is 1. The Balaban J connectivity index is 1.70. The van der Waals surface area contributed by atoms with Gasteiger partial charge in [0.1, 0.15) is 12.4 Å². The summed E-state index contributed by atoms with van der Waals surface area (Å²) in [6, 6.07) is 7.15. The molecule has 2 fully saturated rings. The molecular formula is C21H29N5O4S. The lowest BCUT2D eigenvalue weighted by Gasteiger charge is -2.41. The summed E-state index contributed by atoms with van der Waals surface area (Å²) in [6.45, 7) is 5.41. The lowest BCUT2D eigenvalue weighted by Crippen LogP contribution is -2.52. The van der Waals surface area contributed by atoms with Gasteiger partial charge in [-0.3, -0.25) is 9.89 Å². The number of methoxy groups -OCH3 is 1. The summed E-state index contributed by atoms with van der Waals surface area (Å²) in [5.74, 6) is 1.15. The smallest absolute Gasteiger partial charge is 0.248 e. The Hall–Kier alpha value is -2.30. The summed E-state index contributed by atoms with van der Waals surface area (Å²) in [4.78, 5) is 19.1. The van der Waals surface area contributed by atoms with Gasteiger partial charge in [-0.1, -0.05) is 25.1 Å². The number of nitrogens with zero attached hydrogens (tertiary/aromatic N) is 4. The quantitative estimate of drug-likeness (QED) is 0.711. The normalized spacial score (nSPS) is 24.4. The second kappa shape index (κ2) is 8.33. The molecule has 1 aromatic heterocycles. The number of amides is 1. The molecule has 0 saturated carbocycles. The van der Waals surface area contributed by atoms with E-state index in [1.165, 1.54) is 7.11 Å². The summed E-state index contributed by atoms with van der Waals surface area (Å²) < 4.78 is 33.8. The van der Waals surface area contributed by atoms with Gasteiger partial charge >= 0.3 is 0 Å². The van der Waals surface area contributed by atoms with E-state index in [9.17, 15) is 13.2 Å². The number of aromatic amines is 1. The fourth-order valence-corrected chi connectivity index (χ4v) is 6.73. The third-order valence-corrected chi connectivity index (χ3v) is 8.48. The Bertz CT molecular complexity index is 1070. The van der Waals surface area contributed by atoms with Gasteiger partial charge in [-0.05, 0) is 31.4 Å². The van der Waals surface area contributed by atoms with Crippen molar-refractivity contribution in [3.63, 3.8) is 0 Å². The molecule has 2 saturated heterocycles. The van der Waals surface area contributed by atoms with Gasteiger partial charge in [0.2, 0.25) is 15.9 Å². The van der Waals surface area contributed by atoms with E-state index in [-0.39, 0.29) is 18.4 Å². The number of hydrogen-bond acceptors (Lipinski definition) is 6. The molecule has 0 bridgehead atoms. The Morgan fingerprint density at radius 2 is 2.10 bits per heavy atom. The molecule has 2 atom stereocenters. The molecule has 0 radical (unpaired) electrons. The number of benzene rings is 1. The molecular weight excluding hydrogens is 418 g/mol. The van der Waals surface area contributed by atoms with Crippen molar-refractivity contribution in [2.75, 3.05) is 39.9 Å². The average Bonchev–Trinajstić information content (AvgIpc) is 3.38. The number of H-pyrrole nitrogens is 1. The van der Waals surface area contributed by atoms with Crippen LogP contribution in [0.1, 0.15) is 30.6 Å². The highest BCUT2D eigenvalue weighted by Gasteiger charge is 2.56. The first-order valence-corrected chi connectivity index (χ1v) is 12.0. The molecule has 0 aliphatic carbocycles. The van der Waals surface area contributed by atoms with Gasteiger partial charge in [0.25, 0.3) is 0 Å². The Kier molecular flexibility index (Phi) is 5.89. The molecule has 2 aromatic rings. The highest BCUT2D eigenvalue weighted by molar-refractivity contribution is 7.89. The number of nitrogens with one attached hydrogen (secondary N) is 1. The van der Waals surface area contributed by atoms with Gasteiger partial charge in [0.05, 0.1) is 10.3 Å². The first-order valence-electron chi connectivity index (χ1n) is 10.6. The topological polar surface area (TPSA) is 108 Å². The van der Waals surface area contributed by atoms with E-state index in [4.69, 9.17) is 4.74 Å². The van der Waals surface area contributed by atoms with Crippen molar-refractivity contribution in [3.05, 3.63) is 41.5 Å². The lowest BCUT2D eigenvalue weighted by atomic mass is 9.72. The van der Waals surface area contributed by atoms with E-state index in [0.29, 0.717) is 55.6 Å². The van der Waals surface area contributed by atoms with E-state index in [2.05, 4.69) is 15.2 Å². The zero-order valence-electron chi connectivity index (χ0n) is 18.2. The number of ether oxygens (including phenoxy) is 1. The molecule has 168 valence electrons. The van der Waals surface area contributed by atoms with Crippen LogP contribution in [0.25, 0.3) is 0 Å². The molecule has 1 amide bonds. The molecule has 0 unspecified atom stereocenters. The molecule has 2 aliphatic rings. The maximum atomic E-state index is 13.6. The first kappa shape index (κ1) is 21.9. The highest BCUT2D eigenvalue weighted by atomic mass is 32.2. The number of hydrogen-bond donors (Lipinski definition) is 1. The van der Waals surface area contributed by atoms with Crippen molar-refractivity contribution in [3.8, 4) is 0 Å². The minimum absolute atomic E-state index is 0.0192. The first-order chi connectivity index (χ1) is 14.8. The monoisotopic (exact) mass is 447 g/mol. The number of piperidine rings is 1. The van der Waals surface area contributed by atoms with E-state index >= 15 is 0 Å². The van der Waals surface area contributed by atoms with Crippen LogP contribution in [0.4, 0.5) is 0 Å². The Morgan fingerprint density at radius 3 is 2.77 bits per heavy atom. The number of fused-ring (bicyclic) bond motifs is 1. The van der Waals surface area contributed by atoms with Crippen LogP contribution in [0, 0.1) is 12.8 Å². The summed E-state index contributed by atoms with van der Waals surface area (Å²) in [5, 5.41) is 7.32. The number of aryl methyl sites for hydroxylation is 2. The lowest BCUT2D eigenvalue weighted by molar-refractivity contribution is -0.137. The van der Waals surface area contributed by atoms with Crippen LogP contribution in [0.5, 0.6) is 0 Å². The largest absolute Gasteiger partial charge is 0.375 e. The maximum Gasteiger partial charge on any atom is 0.248 e. The number of sulfonamides is 1. The van der Waals surface area contributed by atoms with Gasteiger partial charge < -0.3 is 9.64 Å². The Morgan fingerprint density at radius 1 is 1.32 bits per heavy atom. The van der Waals surface area contributed by atoms with Crippen LogP contribution in [0.3, 0.4) is 0 Å². The van der Waals surface area contributed by atoms with Crippen molar-refractivity contribution < 1.29 is 17.9 Å². The summed E-state index contributed by atoms with van der Waals surface area (Å²) in [5.41, 5.74) is 0.278. The van der Waals surface area contributed by atoms with Gasteiger partial charge in [0, 0.05) is 39.2 Å². The third kappa shape index (κ3) is 3.77. The Labute approximate surface area is 182 Å². The van der Waals surface area contributed by atoms with E-state index in [1.54, 1.807) is 21.3 Å². The second-order valence-electron chi connectivity index (χ2n) is 8.38. The molecule has 31 heavy (non-hydrogen) atoms. The molecule has 2 aliphatic heterocycles. The number of rotatable bonds is 6. The number of carbonyl (C=O) groups is 1. The summed E-state index contributed by atoms with van der Waals surface area (Å²) >= 11 is 0. The zero-order chi connectivity index (χ0) is 22.2. The van der Waals surface area contributed by atoms with E-state index < -0.39 is 15.4 Å². The van der Waals surface area contributed by atoms with Crippen molar-refractivity contribution in [2.45, 2.75) is 37.0 Å². The predicted octanol–water partition coefficient (Wildman–Crippen LogP) is 1.11. The van der Waals surface area contributed by atoms with Gasteiger partial charge in [-0.25, -0.2) is 13.4 Å². The molecule has 3 heterocycles. The summed E-state index contributed by atoms with van der Waals surface area (Å²) in [6.07, 6.45) is 1.24. The molecule has 4 rings (SSSR count). The molecule has 1 N–H and O–H groups in total. The van der Waals surface area contributed by atoms with Crippen molar-refractivity contribution in [1.82, 2.24) is 24.4 Å². The standard InChI is InChI=1S/C21H29N5O4S/c1-4-16-7-5-6-8-18(16)31(28,29)26-12-17-11-25(19(27)13-30-3)10-9-21(17,14-26)20-22-15(2)23-24-20/h5-8,17H,4,9-14H2,1-3H3,(H,22,23,24)/t17-,21-/m1/s1. The van der Waals surface area contributed by atoms with Crippen molar-refractivity contribution >= 4 is 15.9 Å². The van der Waals surface area contributed by atoms with Gasteiger partial charge in [-0.15, -0.1) is 0 Å². The van der Waals surface area contributed by atoms with E-state index in [0.717, 1.165) is 5.56 Å². The highest BCUT2D eigenvalue weighted by Crippen LogP contribution is 2.45. The average molecular weight is 448 g/mol. The van der Waals surface area contributed by atoms with Crippen LogP contribution in [-0.2, 0) is 31.4 Å². The van der Waals surface area contributed by atoms with Crippen LogP contribution >= 0.6 is 0 Å². The number of carbonyl (C=O) groups excluding carboxylic acids is 1. The second-order valence-corrected chi connectivity index (χ2v) is 10.3.